The molecule has 0 spiro atoms. The number of halogens is 2. The molecule has 0 fully saturated rings. The normalized spacial score (nSPS) is 11.5. The van der Waals surface area contributed by atoms with Gasteiger partial charge in [0.05, 0.1) is 17.7 Å². The highest BCUT2D eigenvalue weighted by atomic mass is 79.9. The second-order valence-corrected chi connectivity index (χ2v) is 5.88. The Morgan fingerprint density at radius 3 is 2.40 bits per heavy atom. The summed E-state index contributed by atoms with van der Waals surface area (Å²) in [4.78, 5) is 0. The summed E-state index contributed by atoms with van der Waals surface area (Å²) in [5, 5.41) is 12.5. The maximum atomic E-state index is 9.34. The Morgan fingerprint density at radius 2 is 1.85 bits per heavy atom. The number of ether oxygens (including phenoxy) is 1. The van der Waals surface area contributed by atoms with Crippen LogP contribution in [0.5, 0.6) is 5.75 Å². The third-order valence-electron chi connectivity index (χ3n) is 2.79. The molecule has 0 amide bonds. The minimum Gasteiger partial charge on any atom is -0.496 e. The molecule has 0 aliphatic heterocycles. The average Bonchev–Trinajstić information content (AvgIpc) is 2.46. The van der Waals surface area contributed by atoms with Crippen molar-refractivity contribution in [1.29, 1.82) is 5.26 Å². The van der Waals surface area contributed by atoms with E-state index in [1.165, 1.54) is 0 Å². The highest BCUT2D eigenvalue weighted by molar-refractivity contribution is 9.10. The summed E-state index contributed by atoms with van der Waals surface area (Å²) >= 11 is 6.82. The molecular formula is C15H12Br2N2O. The summed E-state index contributed by atoms with van der Waals surface area (Å²) in [5.74, 6) is 0.745. The van der Waals surface area contributed by atoms with Crippen molar-refractivity contribution in [3.63, 3.8) is 0 Å². The van der Waals surface area contributed by atoms with Gasteiger partial charge in [0.25, 0.3) is 0 Å². The molecule has 0 aliphatic rings. The summed E-state index contributed by atoms with van der Waals surface area (Å²) in [6.45, 7) is 0. The van der Waals surface area contributed by atoms with E-state index in [0.717, 1.165) is 25.9 Å². The molecule has 0 aliphatic carbocycles. The van der Waals surface area contributed by atoms with Crippen LogP contribution in [-0.4, -0.2) is 7.11 Å². The largest absolute Gasteiger partial charge is 0.496 e. The zero-order valence-corrected chi connectivity index (χ0v) is 13.9. The predicted octanol–water partition coefficient (Wildman–Crippen LogP) is 4.90. The first kappa shape index (κ1) is 14.9. The molecule has 1 unspecified atom stereocenters. The predicted molar refractivity (Wildman–Crippen MR) is 86.8 cm³/mol. The van der Waals surface area contributed by atoms with Gasteiger partial charge in [-0.15, -0.1) is 0 Å². The minimum absolute atomic E-state index is 0.418. The van der Waals surface area contributed by atoms with E-state index in [2.05, 4.69) is 43.2 Å². The van der Waals surface area contributed by atoms with Crippen molar-refractivity contribution in [3.8, 4) is 11.8 Å². The summed E-state index contributed by atoms with van der Waals surface area (Å²) in [7, 11) is 1.61. The number of nitrogens with one attached hydrogen (secondary N) is 1. The molecule has 0 aromatic heterocycles. The molecule has 2 rings (SSSR count). The van der Waals surface area contributed by atoms with Crippen LogP contribution in [0.2, 0.25) is 0 Å². The first-order valence-corrected chi connectivity index (χ1v) is 7.48. The number of hydrogen-bond donors (Lipinski definition) is 1. The van der Waals surface area contributed by atoms with Crippen LogP contribution >= 0.6 is 31.9 Å². The number of rotatable bonds is 4. The molecule has 20 heavy (non-hydrogen) atoms. The van der Waals surface area contributed by atoms with Crippen LogP contribution < -0.4 is 10.1 Å². The molecule has 0 saturated carbocycles. The number of benzene rings is 2. The molecular weight excluding hydrogens is 384 g/mol. The monoisotopic (exact) mass is 394 g/mol. The van der Waals surface area contributed by atoms with Crippen molar-refractivity contribution in [2.75, 3.05) is 12.4 Å². The van der Waals surface area contributed by atoms with Gasteiger partial charge in [0.15, 0.2) is 0 Å². The zero-order valence-electron chi connectivity index (χ0n) is 10.7. The first-order valence-electron chi connectivity index (χ1n) is 5.89. The molecule has 5 heteroatoms. The van der Waals surface area contributed by atoms with E-state index in [1.54, 1.807) is 7.11 Å². The van der Waals surface area contributed by atoms with Crippen molar-refractivity contribution >= 4 is 37.5 Å². The second-order valence-electron chi connectivity index (χ2n) is 4.11. The van der Waals surface area contributed by atoms with Gasteiger partial charge in [0.2, 0.25) is 0 Å². The van der Waals surface area contributed by atoms with Crippen LogP contribution in [0.25, 0.3) is 0 Å². The Hall–Kier alpha value is -1.51. The van der Waals surface area contributed by atoms with Gasteiger partial charge in [-0.3, -0.25) is 0 Å². The fourth-order valence-corrected chi connectivity index (χ4v) is 2.59. The van der Waals surface area contributed by atoms with Crippen molar-refractivity contribution in [1.82, 2.24) is 0 Å². The van der Waals surface area contributed by atoms with Crippen LogP contribution in [-0.2, 0) is 0 Å². The Balaban J connectivity index is 2.22. The summed E-state index contributed by atoms with van der Waals surface area (Å²) in [6, 6.07) is 15.2. The number of hydrogen-bond acceptors (Lipinski definition) is 3. The third kappa shape index (κ3) is 3.53. The number of methoxy groups -OCH3 is 1. The second kappa shape index (κ2) is 6.78. The van der Waals surface area contributed by atoms with Crippen molar-refractivity contribution in [3.05, 3.63) is 57.0 Å². The van der Waals surface area contributed by atoms with Crippen LogP contribution in [0.15, 0.2) is 51.4 Å². The summed E-state index contributed by atoms with van der Waals surface area (Å²) < 4.78 is 7.02. The van der Waals surface area contributed by atoms with Crippen molar-refractivity contribution < 1.29 is 4.74 Å². The molecule has 0 heterocycles. The van der Waals surface area contributed by atoms with E-state index >= 15 is 0 Å². The van der Waals surface area contributed by atoms with E-state index in [9.17, 15) is 5.26 Å². The van der Waals surface area contributed by atoms with Gasteiger partial charge in [-0.2, -0.15) is 5.26 Å². The Kier molecular flexibility index (Phi) is 5.05. The SMILES string of the molecule is COc1ccc(C(C#N)Nc2ccc(Br)cc2)cc1Br. The molecule has 1 N–H and O–H groups in total. The fraction of sp³-hybridized carbons (Fsp3) is 0.133. The lowest BCUT2D eigenvalue weighted by Crippen LogP contribution is -2.08. The highest BCUT2D eigenvalue weighted by Crippen LogP contribution is 2.29. The van der Waals surface area contributed by atoms with E-state index in [4.69, 9.17) is 4.74 Å². The molecule has 3 nitrogen and oxygen atoms in total. The topological polar surface area (TPSA) is 45.0 Å². The fourth-order valence-electron chi connectivity index (χ4n) is 1.77. The van der Waals surface area contributed by atoms with Gasteiger partial charge in [-0.25, -0.2) is 0 Å². The number of nitrogens with zero attached hydrogens (tertiary/aromatic N) is 1. The minimum atomic E-state index is -0.418. The molecule has 2 aromatic carbocycles. The molecule has 1 atom stereocenters. The summed E-state index contributed by atoms with van der Waals surface area (Å²) in [5.41, 5.74) is 1.77. The molecule has 0 bridgehead atoms. The maximum Gasteiger partial charge on any atom is 0.140 e. The van der Waals surface area contributed by atoms with Gasteiger partial charge < -0.3 is 10.1 Å². The van der Waals surface area contributed by atoms with Gasteiger partial charge >= 0.3 is 0 Å². The zero-order chi connectivity index (χ0) is 14.5. The molecule has 0 radical (unpaired) electrons. The lowest BCUT2D eigenvalue weighted by atomic mass is 10.1. The Morgan fingerprint density at radius 1 is 1.15 bits per heavy atom. The lowest BCUT2D eigenvalue weighted by Gasteiger charge is -2.14. The average molecular weight is 396 g/mol. The lowest BCUT2D eigenvalue weighted by molar-refractivity contribution is 0.412. The van der Waals surface area contributed by atoms with E-state index in [0.29, 0.717) is 0 Å². The highest BCUT2D eigenvalue weighted by Gasteiger charge is 2.12. The van der Waals surface area contributed by atoms with Gasteiger partial charge in [0.1, 0.15) is 11.8 Å². The van der Waals surface area contributed by atoms with Crippen molar-refractivity contribution in [2.24, 2.45) is 0 Å². The first-order chi connectivity index (χ1) is 9.63. The standard InChI is InChI=1S/C15H12Br2N2O/c1-20-15-7-2-10(8-13(15)17)14(9-18)19-12-5-3-11(16)4-6-12/h2-8,14,19H,1H3. The quantitative estimate of drug-likeness (QED) is 0.800. The van der Waals surface area contributed by atoms with Crippen LogP contribution in [0.3, 0.4) is 0 Å². The van der Waals surface area contributed by atoms with Crippen LogP contribution in [0, 0.1) is 11.3 Å². The third-order valence-corrected chi connectivity index (χ3v) is 3.94. The van der Waals surface area contributed by atoms with E-state index < -0.39 is 6.04 Å². The van der Waals surface area contributed by atoms with Gasteiger partial charge in [-0.1, -0.05) is 22.0 Å². The Labute approximate surface area is 134 Å². The number of anilines is 1. The van der Waals surface area contributed by atoms with E-state index in [1.807, 2.05) is 42.5 Å². The Bertz CT molecular complexity index is 635. The van der Waals surface area contributed by atoms with Crippen LogP contribution in [0.4, 0.5) is 5.69 Å². The smallest absolute Gasteiger partial charge is 0.140 e. The molecule has 2 aromatic rings. The number of nitriles is 1. The van der Waals surface area contributed by atoms with Crippen molar-refractivity contribution in [2.45, 2.75) is 6.04 Å². The van der Waals surface area contributed by atoms with Crippen LogP contribution in [0.1, 0.15) is 11.6 Å². The van der Waals surface area contributed by atoms with Gasteiger partial charge in [-0.05, 0) is 57.9 Å². The maximum absolute atomic E-state index is 9.34. The molecule has 0 saturated heterocycles. The van der Waals surface area contributed by atoms with Gasteiger partial charge in [0, 0.05) is 10.2 Å². The summed E-state index contributed by atoms with van der Waals surface area (Å²) in [6.07, 6.45) is 0. The van der Waals surface area contributed by atoms with E-state index in [-0.39, 0.29) is 0 Å². The molecule has 102 valence electrons.